The lowest BCUT2D eigenvalue weighted by Crippen LogP contribution is -2.29. The molecule has 1 atom stereocenters. The molecule has 0 amide bonds. The van der Waals surface area contributed by atoms with Crippen molar-refractivity contribution in [3.05, 3.63) is 0 Å². The van der Waals surface area contributed by atoms with E-state index in [1.54, 1.807) is 0 Å². The number of rotatable bonds is 1. The average Bonchev–Trinajstić information content (AvgIpc) is 2.08. The van der Waals surface area contributed by atoms with Gasteiger partial charge in [-0.15, -0.1) is 0 Å². The van der Waals surface area contributed by atoms with Crippen molar-refractivity contribution >= 4 is 5.97 Å². The molecular weight excluding hydrogens is 173 g/mol. The lowest BCUT2D eigenvalue weighted by atomic mass is 9.85. The SMILES string of the molecule is CC1(CC(F)(F)F)CCOC1=O. The molecule has 0 spiro atoms. The van der Waals surface area contributed by atoms with Crippen LogP contribution in [0.2, 0.25) is 0 Å². The third-order valence-electron chi connectivity index (χ3n) is 1.97. The maximum atomic E-state index is 11.9. The summed E-state index contributed by atoms with van der Waals surface area (Å²) in [5.41, 5.74) is -1.35. The first-order chi connectivity index (χ1) is 5.33. The smallest absolute Gasteiger partial charge is 0.390 e. The predicted molar refractivity (Wildman–Crippen MR) is 34.4 cm³/mol. The molecule has 1 aliphatic heterocycles. The van der Waals surface area contributed by atoms with Crippen LogP contribution in [0, 0.1) is 5.41 Å². The second kappa shape index (κ2) is 2.64. The van der Waals surface area contributed by atoms with Crippen molar-refractivity contribution in [3.8, 4) is 0 Å². The highest BCUT2D eigenvalue weighted by atomic mass is 19.4. The summed E-state index contributed by atoms with van der Waals surface area (Å²) < 4.78 is 40.2. The zero-order chi connectivity index (χ0) is 9.41. The van der Waals surface area contributed by atoms with E-state index >= 15 is 0 Å². The number of hydrogen-bond donors (Lipinski definition) is 0. The number of alkyl halides is 3. The number of carbonyl (C=O) groups is 1. The van der Waals surface area contributed by atoms with E-state index < -0.39 is 24.0 Å². The van der Waals surface area contributed by atoms with Crippen LogP contribution in [0.1, 0.15) is 19.8 Å². The molecule has 1 saturated heterocycles. The van der Waals surface area contributed by atoms with Gasteiger partial charge < -0.3 is 4.74 Å². The molecule has 0 radical (unpaired) electrons. The van der Waals surface area contributed by atoms with Crippen molar-refractivity contribution in [2.75, 3.05) is 6.61 Å². The van der Waals surface area contributed by atoms with Gasteiger partial charge in [0.25, 0.3) is 0 Å². The second-order valence-electron chi connectivity index (χ2n) is 3.24. The Kier molecular flexibility index (Phi) is 2.06. The minimum atomic E-state index is -4.29. The standard InChI is InChI=1S/C7H9F3O2/c1-6(4-7(8,9)10)2-3-12-5(6)11/h2-4H2,1H3. The Labute approximate surface area is 67.7 Å². The zero-order valence-corrected chi connectivity index (χ0v) is 6.57. The molecule has 0 N–H and O–H groups in total. The fourth-order valence-corrected chi connectivity index (χ4v) is 1.25. The molecule has 1 unspecified atom stereocenters. The predicted octanol–water partition coefficient (Wildman–Crippen LogP) is 1.89. The van der Waals surface area contributed by atoms with Gasteiger partial charge in [-0.05, 0) is 13.3 Å². The van der Waals surface area contributed by atoms with Crippen LogP contribution >= 0.6 is 0 Å². The van der Waals surface area contributed by atoms with Gasteiger partial charge in [-0.25, -0.2) is 0 Å². The Balaban J connectivity index is 2.66. The van der Waals surface area contributed by atoms with E-state index in [0.717, 1.165) is 0 Å². The monoisotopic (exact) mass is 182 g/mol. The van der Waals surface area contributed by atoms with Crippen LogP contribution in [0.15, 0.2) is 0 Å². The Hall–Kier alpha value is -0.740. The summed E-state index contributed by atoms with van der Waals surface area (Å²) in [6.45, 7) is 1.39. The van der Waals surface area contributed by atoms with Crippen molar-refractivity contribution in [2.45, 2.75) is 25.9 Å². The van der Waals surface area contributed by atoms with Gasteiger partial charge in [-0.1, -0.05) is 0 Å². The van der Waals surface area contributed by atoms with Gasteiger partial charge in [0, 0.05) is 0 Å². The van der Waals surface area contributed by atoms with E-state index in [0.29, 0.717) is 0 Å². The van der Waals surface area contributed by atoms with E-state index in [-0.39, 0.29) is 13.0 Å². The van der Waals surface area contributed by atoms with Crippen molar-refractivity contribution in [3.63, 3.8) is 0 Å². The topological polar surface area (TPSA) is 26.3 Å². The lowest BCUT2D eigenvalue weighted by Gasteiger charge is -2.19. The van der Waals surface area contributed by atoms with Gasteiger partial charge >= 0.3 is 12.1 Å². The molecule has 0 aromatic heterocycles. The molecule has 1 fully saturated rings. The molecule has 70 valence electrons. The van der Waals surface area contributed by atoms with Crippen LogP contribution in [0.5, 0.6) is 0 Å². The summed E-state index contributed by atoms with van der Waals surface area (Å²) >= 11 is 0. The molecule has 5 heteroatoms. The Bertz CT molecular complexity index is 199. The van der Waals surface area contributed by atoms with Crippen molar-refractivity contribution in [1.82, 2.24) is 0 Å². The third kappa shape index (κ3) is 1.89. The molecule has 0 aromatic rings. The first-order valence-electron chi connectivity index (χ1n) is 3.57. The minimum absolute atomic E-state index is 0.103. The van der Waals surface area contributed by atoms with Crippen molar-refractivity contribution < 1.29 is 22.7 Å². The van der Waals surface area contributed by atoms with Crippen LogP contribution in [-0.2, 0) is 9.53 Å². The Morgan fingerprint density at radius 3 is 2.50 bits per heavy atom. The van der Waals surface area contributed by atoms with Gasteiger partial charge in [0.1, 0.15) is 0 Å². The number of carbonyl (C=O) groups excluding carboxylic acids is 1. The maximum absolute atomic E-state index is 11.9. The molecule has 0 bridgehead atoms. The highest BCUT2D eigenvalue weighted by molar-refractivity contribution is 5.78. The van der Waals surface area contributed by atoms with E-state index in [1.807, 2.05) is 0 Å². The Morgan fingerprint density at radius 1 is 1.58 bits per heavy atom. The van der Waals surface area contributed by atoms with E-state index in [1.165, 1.54) is 6.92 Å². The number of esters is 1. The summed E-state index contributed by atoms with van der Waals surface area (Å²) in [7, 11) is 0. The molecule has 2 nitrogen and oxygen atoms in total. The summed E-state index contributed by atoms with van der Waals surface area (Å²) in [6.07, 6.45) is -5.22. The Morgan fingerprint density at radius 2 is 2.17 bits per heavy atom. The first kappa shape index (κ1) is 9.35. The van der Waals surface area contributed by atoms with Crippen molar-refractivity contribution in [2.24, 2.45) is 5.41 Å². The summed E-state index contributed by atoms with van der Waals surface area (Å²) in [5.74, 6) is -0.736. The van der Waals surface area contributed by atoms with E-state index in [2.05, 4.69) is 4.74 Å². The molecule has 1 rings (SSSR count). The number of cyclic esters (lactones) is 1. The fraction of sp³-hybridized carbons (Fsp3) is 0.857. The number of hydrogen-bond acceptors (Lipinski definition) is 2. The second-order valence-corrected chi connectivity index (χ2v) is 3.24. The van der Waals surface area contributed by atoms with Gasteiger partial charge in [-0.3, -0.25) is 4.79 Å². The normalized spacial score (nSPS) is 30.5. The van der Waals surface area contributed by atoms with Crippen LogP contribution in [0.25, 0.3) is 0 Å². The molecule has 1 heterocycles. The molecule has 12 heavy (non-hydrogen) atoms. The number of ether oxygens (including phenoxy) is 1. The van der Waals surface area contributed by atoms with Crippen LogP contribution < -0.4 is 0 Å². The average molecular weight is 182 g/mol. The molecule has 1 aliphatic rings. The molecular formula is C7H9F3O2. The van der Waals surface area contributed by atoms with E-state index in [4.69, 9.17) is 0 Å². The minimum Gasteiger partial charge on any atom is -0.465 e. The summed E-state index contributed by atoms with van der Waals surface area (Å²) in [5, 5.41) is 0. The highest BCUT2D eigenvalue weighted by Gasteiger charge is 2.48. The van der Waals surface area contributed by atoms with E-state index in [9.17, 15) is 18.0 Å². The number of halogens is 3. The quantitative estimate of drug-likeness (QED) is 0.579. The van der Waals surface area contributed by atoms with Gasteiger partial charge in [0.05, 0.1) is 18.4 Å². The van der Waals surface area contributed by atoms with Crippen LogP contribution in [0.3, 0.4) is 0 Å². The molecule has 0 aliphatic carbocycles. The van der Waals surface area contributed by atoms with Crippen molar-refractivity contribution in [1.29, 1.82) is 0 Å². The first-order valence-corrected chi connectivity index (χ1v) is 3.57. The zero-order valence-electron chi connectivity index (χ0n) is 6.57. The fourth-order valence-electron chi connectivity index (χ4n) is 1.25. The van der Waals surface area contributed by atoms with Crippen LogP contribution in [-0.4, -0.2) is 18.8 Å². The molecule has 0 aromatic carbocycles. The highest BCUT2D eigenvalue weighted by Crippen LogP contribution is 2.40. The third-order valence-corrected chi connectivity index (χ3v) is 1.97. The summed E-state index contributed by atoms with van der Waals surface area (Å²) in [4.78, 5) is 10.9. The van der Waals surface area contributed by atoms with Crippen LogP contribution in [0.4, 0.5) is 13.2 Å². The van der Waals surface area contributed by atoms with Gasteiger partial charge in [0.15, 0.2) is 0 Å². The largest absolute Gasteiger partial charge is 0.465 e. The molecule has 0 saturated carbocycles. The lowest BCUT2D eigenvalue weighted by molar-refractivity contribution is -0.170. The van der Waals surface area contributed by atoms with Gasteiger partial charge in [0.2, 0.25) is 0 Å². The maximum Gasteiger partial charge on any atom is 0.390 e. The van der Waals surface area contributed by atoms with Gasteiger partial charge in [-0.2, -0.15) is 13.2 Å². The summed E-state index contributed by atoms with van der Waals surface area (Å²) in [6, 6.07) is 0.